The second-order valence-corrected chi connectivity index (χ2v) is 6.22. The summed E-state index contributed by atoms with van der Waals surface area (Å²) in [6.45, 7) is 8.72. The minimum absolute atomic E-state index is 0.235. The number of hydrogen-bond donors (Lipinski definition) is 1. The quantitative estimate of drug-likeness (QED) is 0.834. The molecule has 0 saturated heterocycles. The zero-order chi connectivity index (χ0) is 14.7. The van der Waals surface area contributed by atoms with Gasteiger partial charge in [-0.2, -0.15) is 5.10 Å². The molecule has 4 nitrogen and oxygen atoms in total. The van der Waals surface area contributed by atoms with Crippen molar-refractivity contribution in [1.82, 2.24) is 9.78 Å². The molecule has 1 aromatic heterocycles. The molecule has 1 aliphatic rings. The first-order chi connectivity index (χ1) is 9.56. The maximum atomic E-state index is 6.18. The van der Waals surface area contributed by atoms with Crippen LogP contribution in [-0.4, -0.2) is 28.9 Å². The monoisotopic (exact) mass is 278 g/mol. The van der Waals surface area contributed by atoms with Crippen molar-refractivity contribution in [2.24, 2.45) is 18.7 Å². The first-order valence-electron chi connectivity index (χ1n) is 8.09. The number of nitrogens with zero attached hydrogens (tertiary/aromatic N) is 3. The van der Waals surface area contributed by atoms with Gasteiger partial charge >= 0.3 is 0 Å². The van der Waals surface area contributed by atoms with Crippen LogP contribution in [0.5, 0.6) is 0 Å². The van der Waals surface area contributed by atoms with E-state index < -0.39 is 0 Å². The molecule has 1 heterocycles. The molecular weight excluding hydrogens is 248 g/mol. The Balaban J connectivity index is 2.22. The van der Waals surface area contributed by atoms with E-state index >= 15 is 0 Å². The number of aryl methyl sites for hydroxylation is 2. The number of rotatable bonds is 7. The molecule has 2 rings (SSSR count). The largest absolute Gasteiger partial charge is 0.357 e. The van der Waals surface area contributed by atoms with Gasteiger partial charge in [-0.05, 0) is 45.4 Å². The van der Waals surface area contributed by atoms with Crippen molar-refractivity contribution >= 4 is 5.82 Å². The van der Waals surface area contributed by atoms with E-state index in [9.17, 15) is 0 Å². The van der Waals surface area contributed by atoms with Crippen LogP contribution in [0.3, 0.4) is 0 Å². The third-order valence-corrected chi connectivity index (χ3v) is 4.69. The molecule has 20 heavy (non-hydrogen) atoms. The van der Waals surface area contributed by atoms with Crippen LogP contribution in [0.1, 0.15) is 50.8 Å². The highest BCUT2D eigenvalue weighted by Crippen LogP contribution is 2.31. The SMILES string of the molecule is CCC(N)Cc1c(C)nn(C)c1N(CC)CC1CCC1. The van der Waals surface area contributed by atoms with Crippen molar-refractivity contribution in [3.05, 3.63) is 11.3 Å². The number of nitrogens with two attached hydrogens (primary N) is 1. The normalized spacial score (nSPS) is 17.1. The molecule has 1 aromatic rings. The van der Waals surface area contributed by atoms with Crippen molar-refractivity contribution in [1.29, 1.82) is 0 Å². The van der Waals surface area contributed by atoms with Crippen molar-refractivity contribution in [2.75, 3.05) is 18.0 Å². The van der Waals surface area contributed by atoms with Gasteiger partial charge in [0.1, 0.15) is 5.82 Å². The lowest BCUT2D eigenvalue weighted by molar-refractivity contribution is 0.317. The van der Waals surface area contributed by atoms with Gasteiger partial charge in [-0.15, -0.1) is 0 Å². The summed E-state index contributed by atoms with van der Waals surface area (Å²) in [5.74, 6) is 2.17. The smallest absolute Gasteiger partial charge is 0.130 e. The van der Waals surface area contributed by atoms with Gasteiger partial charge < -0.3 is 10.6 Å². The fourth-order valence-electron chi connectivity index (χ4n) is 3.08. The molecule has 2 N–H and O–H groups in total. The number of hydrogen-bond acceptors (Lipinski definition) is 3. The van der Waals surface area contributed by atoms with Crippen molar-refractivity contribution in [2.45, 2.75) is 58.9 Å². The second kappa shape index (κ2) is 6.61. The lowest BCUT2D eigenvalue weighted by atomic mass is 9.85. The summed E-state index contributed by atoms with van der Waals surface area (Å²) in [5.41, 5.74) is 8.66. The molecule has 1 aliphatic carbocycles. The van der Waals surface area contributed by atoms with Gasteiger partial charge in [0, 0.05) is 31.7 Å². The van der Waals surface area contributed by atoms with Gasteiger partial charge in [-0.1, -0.05) is 13.3 Å². The van der Waals surface area contributed by atoms with E-state index in [-0.39, 0.29) is 6.04 Å². The predicted octanol–water partition coefficient (Wildman–Crippen LogP) is 2.63. The van der Waals surface area contributed by atoms with Crippen LogP contribution in [0.2, 0.25) is 0 Å². The van der Waals surface area contributed by atoms with E-state index in [1.165, 1.54) is 37.2 Å². The van der Waals surface area contributed by atoms with Gasteiger partial charge in [0.15, 0.2) is 0 Å². The molecule has 4 heteroatoms. The molecule has 114 valence electrons. The van der Waals surface area contributed by atoms with E-state index in [1.54, 1.807) is 0 Å². The average molecular weight is 278 g/mol. The Bertz CT molecular complexity index is 434. The standard InChI is InChI=1S/C16H30N4/c1-5-14(17)10-15-12(3)18-19(4)16(15)20(6-2)11-13-8-7-9-13/h13-14H,5-11,17H2,1-4H3. The average Bonchev–Trinajstić information content (AvgIpc) is 2.64. The molecule has 0 spiro atoms. The molecule has 0 aliphatic heterocycles. The van der Waals surface area contributed by atoms with Crippen LogP contribution in [0.4, 0.5) is 5.82 Å². The van der Waals surface area contributed by atoms with E-state index in [0.29, 0.717) is 0 Å². The van der Waals surface area contributed by atoms with Crippen LogP contribution in [0, 0.1) is 12.8 Å². The molecule has 0 aromatic carbocycles. The molecule has 0 bridgehead atoms. The Morgan fingerprint density at radius 2 is 2.10 bits per heavy atom. The summed E-state index contributed by atoms with van der Waals surface area (Å²) >= 11 is 0. The van der Waals surface area contributed by atoms with Gasteiger partial charge in [0.25, 0.3) is 0 Å². The topological polar surface area (TPSA) is 47.1 Å². The zero-order valence-corrected chi connectivity index (χ0v) is 13.5. The predicted molar refractivity (Wildman–Crippen MR) is 85.1 cm³/mol. The maximum Gasteiger partial charge on any atom is 0.130 e. The Morgan fingerprint density at radius 3 is 2.60 bits per heavy atom. The highest BCUT2D eigenvalue weighted by atomic mass is 15.4. The van der Waals surface area contributed by atoms with Crippen LogP contribution >= 0.6 is 0 Å². The minimum Gasteiger partial charge on any atom is -0.357 e. The fraction of sp³-hybridized carbons (Fsp3) is 0.812. The van der Waals surface area contributed by atoms with Gasteiger partial charge in [0.2, 0.25) is 0 Å². The maximum absolute atomic E-state index is 6.18. The Kier molecular flexibility index (Phi) is 5.08. The van der Waals surface area contributed by atoms with Crippen molar-refractivity contribution < 1.29 is 0 Å². The summed E-state index contributed by atoms with van der Waals surface area (Å²) in [6, 6.07) is 0.235. The first-order valence-corrected chi connectivity index (χ1v) is 8.09. The highest BCUT2D eigenvalue weighted by Gasteiger charge is 2.25. The summed E-state index contributed by atoms with van der Waals surface area (Å²) in [7, 11) is 2.06. The molecule has 1 atom stereocenters. The lowest BCUT2D eigenvalue weighted by Gasteiger charge is -2.33. The summed E-state index contributed by atoms with van der Waals surface area (Å²) in [4.78, 5) is 2.50. The molecule has 1 saturated carbocycles. The summed E-state index contributed by atoms with van der Waals surface area (Å²) in [5, 5.41) is 4.64. The van der Waals surface area contributed by atoms with E-state index in [2.05, 4.69) is 42.5 Å². The van der Waals surface area contributed by atoms with E-state index in [0.717, 1.165) is 31.0 Å². The lowest BCUT2D eigenvalue weighted by Crippen LogP contribution is -2.34. The van der Waals surface area contributed by atoms with Gasteiger partial charge in [-0.25, -0.2) is 0 Å². The van der Waals surface area contributed by atoms with Crippen molar-refractivity contribution in [3.63, 3.8) is 0 Å². The Morgan fingerprint density at radius 1 is 1.40 bits per heavy atom. The third-order valence-electron chi connectivity index (χ3n) is 4.69. The number of anilines is 1. The van der Waals surface area contributed by atoms with Gasteiger partial charge in [0.05, 0.1) is 5.69 Å². The fourth-order valence-corrected chi connectivity index (χ4v) is 3.08. The number of aromatic nitrogens is 2. The Hall–Kier alpha value is -1.03. The van der Waals surface area contributed by atoms with Crippen LogP contribution in [0.25, 0.3) is 0 Å². The summed E-state index contributed by atoms with van der Waals surface area (Å²) in [6.07, 6.45) is 6.13. The molecule has 0 amide bonds. The molecular formula is C16H30N4. The van der Waals surface area contributed by atoms with E-state index in [1.807, 2.05) is 0 Å². The molecule has 1 fully saturated rings. The van der Waals surface area contributed by atoms with Crippen molar-refractivity contribution in [3.8, 4) is 0 Å². The van der Waals surface area contributed by atoms with Crippen LogP contribution in [0.15, 0.2) is 0 Å². The van der Waals surface area contributed by atoms with Crippen LogP contribution < -0.4 is 10.6 Å². The highest BCUT2D eigenvalue weighted by molar-refractivity contribution is 5.50. The third kappa shape index (κ3) is 3.17. The summed E-state index contributed by atoms with van der Waals surface area (Å²) < 4.78 is 2.05. The Labute approximate surface area is 123 Å². The van der Waals surface area contributed by atoms with Crippen LogP contribution in [-0.2, 0) is 13.5 Å². The molecule has 1 unspecified atom stereocenters. The molecule has 0 radical (unpaired) electrons. The van der Waals surface area contributed by atoms with Gasteiger partial charge in [-0.3, -0.25) is 4.68 Å². The zero-order valence-electron chi connectivity index (χ0n) is 13.5. The van der Waals surface area contributed by atoms with E-state index in [4.69, 9.17) is 5.73 Å². The minimum atomic E-state index is 0.235. The first kappa shape index (κ1) is 15.4. The second-order valence-electron chi connectivity index (χ2n) is 6.22.